The molecule has 0 aliphatic rings. The molecule has 0 radical (unpaired) electrons. The summed E-state index contributed by atoms with van der Waals surface area (Å²) in [6.07, 6.45) is 1.66. The zero-order valence-electron chi connectivity index (χ0n) is 5.58. The van der Waals surface area contributed by atoms with Crippen LogP contribution in [0.3, 0.4) is 0 Å². The van der Waals surface area contributed by atoms with E-state index < -0.39 is 0 Å². The lowest BCUT2D eigenvalue weighted by Crippen LogP contribution is -1.86. The number of halogens is 1. The van der Waals surface area contributed by atoms with Gasteiger partial charge in [0.2, 0.25) is 0 Å². The number of anilines is 1. The summed E-state index contributed by atoms with van der Waals surface area (Å²) in [7, 11) is 1.00. The van der Waals surface area contributed by atoms with Gasteiger partial charge in [0, 0.05) is 17.8 Å². The molecule has 0 atom stereocenters. The smallest absolute Gasteiger partial charge is 0.123 e. The van der Waals surface area contributed by atoms with Crippen LogP contribution in [0.4, 0.5) is 5.82 Å². The summed E-state index contributed by atoms with van der Waals surface area (Å²) < 4.78 is 0.951. The largest absolute Gasteiger partial charge is 0.400 e. The van der Waals surface area contributed by atoms with Gasteiger partial charge in [0.25, 0.3) is 0 Å². The molecule has 0 aromatic carbocycles. The SMILES string of the molecule is CO.Nc1ccc(Br)cn1. The van der Waals surface area contributed by atoms with Crippen LogP contribution in [0, 0.1) is 0 Å². The first kappa shape index (κ1) is 9.39. The quantitative estimate of drug-likeness (QED) is 0.665. The maximum Gasteiger partial charge on any atom is 0.123 e. The van der Waals surface area contributed by atoms with Crippen LogP contribution in [0.15, 0.2) is 22.8 Å². The van der Waals surface area contributed by atoms with Gasteiger partial charge >= 0.3 is 0 Å². The number of aliphatic hydroxyl groups is 1. The van der Waals surface area contributed by atoms with Gasteiger partial charge in [-0.15, -0.1) is 0 Å². The number of aliphatic hydroxyl groups excluding tert-OH is 1. The molecule has 0 amide bonds. The molecule has 0 unspecified atom stereocenters. The maximum atomic E-state index is 7.00. The summed E-state index contributed by atoms with van der Waals surface area (Å²) in [5.74, 6) is 0.549. The molecule has 0 saturated carbocycles. The van der Waals surface area contributed by atoms with E-state index >= 15 is 0 Å². The first-order valence-corrected chi connectivity index (χ1v) is 3.40. The van der Waals surface area contributed by atoms with Gasteiger partial charge in [-0.3, -0.25) is 0 Å². The van der Waals surface area contributed by atoms with Crippen LogP contribution in [0.5, 0.6) is 0 Å². The highest BCUT2D eigenvalue weighted by atomic mass is 79.9. The average molecular weight is 205 g/mol. The zero-order valence-corrected chi connectivity index (χ0v) is 7.17. The van der Waals surface area contributed by atoms with E-state index in [2.05, 4.69) is 20.9 Å². The molecule has 0 aliphatic carbocycles. The summed E-state index contributed by atoms with van der Waals surface area (Å²) in [5, 5.41) is 7.00. The van der Waals surface area contributed by atoms with Crippen molar-refractivity contribution < 1.29 is 5.11 Å². The van der Waals surface area contributed by atoms with Crippen molar-refractivity contribution in [2.75, 3.05) is 12.8 Å². The Hall–Kier alpha value is -0.610. The molecule has 1 rings (SSSR count). The number of nitrogens with two attached hydrogens (primary N) is 1. The fraction of sp³-hybridized carbons (Fsp3) is 0.167. The van der Waals surface area contributed by atoms with Crippen LogP contribution in [0.1, 0.15) is 0 Å². The summed E-state index contributed by atoms with van der Waals surface area (Å²) in [5.41, 5.74) is 5.29. The van der Waals surface area contributed by atoms with E-state index in [9.17, 15) is 0 Å². The predicted molar refractivity (Wildman–Crippen MR) is 44.5 cm³/mol. The minimum Gasteiger partial charge on any atom is -0.400 e. The number of nitrogens with zero attached hydrogens (tertiary/aromatic N) is 1. The third-order valence-electron chi connectivity index (χ3n) is 0.750. The molecule has 3 nitrogen and oxygen atoms in total. The molecule has 0 bridgehead atoms. The van der Waals surface area contributed by atoms with Crippen LogP contribution in [0.2, 0.25) is 0 Å². The average Bonchev–Trinajstić information content (AvgIpc) is 2.00. The lowest BCUT2D eigenvalue weighted by molar-refractivity contribution is 0.399. The number of pyridine rings is 1. The molecular weight excluding hydrogens is 196 g/mol. The Kier molecular flexibility index (Phi) is 4.88. The van der Waals surface area contributed by atoms with Crippen LogP contribution in [0.25, 0.3) is 0 Å². The third kappa shape index (κ3) is 3.42. The number of rotatable bonds is 0. The van der Waals surface area contributed by atoms with Crippen LogP contribution >= 0.6 is 15.9 Å². The Labute approximate surface area is 68.0 Å². The van der Waals surface area contributed by atoms with Gasteiger partial charge in [-0.2, -0.15) is 0 Å². The van der Waals surface area contributed by atoms with Crippen molar-refractivity contribution in [3.05, 3.63) is 22.8 Å². The van der Waals surface area contributed by atoms with E-state index in [1.807, 2.05) is 6.07 Å². The summed E-state index contributed by atoms with van der Waals surface area (Å²) in [6, 6.07) is 3.59. The van der Waals surface area contributed by atoms with Crippen molar-refractivity contribution in [3.63, 3.8) is 0 Å². The van der Waals surface area contributed by atoms with Crippen molar-refractivity contribution in [1.29, 1.82) is 0 Å². The number of hydrogen-bond donors (Lipinski definition) is 2. The molecule has 10 heavy (non-hydrogen) atoms. The third-order valence-corrected chi connectivity index (χ3v) is 1.22. The molecule has 0 fully saturated rings. The maximum absolute atomic E-state index is 7.00. The molecule has 1 aromatic rings. The Morgan fingerprint density at radius 1 is 1.50 bits per heavy atom. The standard InChI is InChI=1S/C5H5BrN2.CH4O/c6-4-1-2-5(7)8-3-4;1-2/h1-3H,(H2,7,8);2H,1H3. The Bertz CT molecular complexity index is 155. The molecule has 0 aliphatic heterocycles. The predicted octanol–water partition coefficient (Wildman–Crippen LogP) is 1.03. The highest BCUT2D eigenvalue weighted by Gasteiger charge is 1.83. The van der Waals surface area contributed by atoms with Crippen molar-refractivity contribution in [3.8, 4) is 0 Å². The first-order valence-electron chi connectivity index (χ1n) is 2.61. The Morgan fingerprint density at radius 3 is 2.40 bits per heavy atom. The number of aromatic nitrogens is 1. The zero-order chi connectivity index (χ0) is 7.98. The van der Waals surface area contributed by atoms with Crippen molar-refractivity contribution in [1.82, 2.24) is 4.98 Å². The molecule has 0 spiro atoms. The molecular formula is C6H9BrN2O. The van der Waals surface area contributed by atoms with Gasteiger partial charge < -0.3 is 10.8 Å². The highest BCUT2D eigenvalue weighted by molar-refractivity contribution is 9.10. The second-order valence-corrected chi connectivity index (χ2v) is 2.32. The summed E-state index contributed by atoms with van der Waals surface area (Å²) in [6.45, 7) is 0. The van der Waals surface area contributed by atoms with Crippen LogP contribution in [-0.4, -0.2) is 17.2 Å². The monoisotopic (exact) mass is 204 g/mol. The van der Waals surface area contributed by atoms with Crippen LogP contribution < -0.4 is 5.73 Å². The normalized spacial score (nSPS) is 7.90. The van der Waals surface area contributed by atoms with Gasteiger partial charge in [0.1, 0.15) is 5.82 Å². The second kappa shape index (κ2) is 5.20. The van der Waals surface area contributed by atoms with E-state index in [-0.39, 0.29) is 0 Å². The van der Waals surface area contributed by atoms with Crippen molar-refractivity contribution in [2.45, 2.75) is 0 Å². The molecule has 0 saturated heterocycles. The topological polar surface area (TPSA) is 59.1 Å². The molecule has 56 valence electrons. The Morgan fingerprint density at radius 2 is 2.10 bits per heavy atom. The summed E-state index contributed by atoms with van der Waals surface area (Å²) >= 11 is 3.23. The van der Waals surface area contributed by atoms with Crippen molar-refractivity contribution in [2.24, 2.45) is 0 Å². The van der Waals surface area contributed by atoms with Gasteiger partial charge in [0.05, 0.1) is 0 Å². The minimum absolute atomic E-state index is 0.549. The first-order chi connectivity index (χ1) is 4.79. The van der Waals surface area contributed by atoms with E-state index in [4.69, 9.17) is 10.8 Å². The van der Waals surface area contributed by atoms with Gasteiger partial charge in [-0.1, -0.05) is 0 Å². The van der Waals surface area contributed by atoms with E-state index in [0.29, 0.717) is 5.82 Å². The molecule has 1 aromatic heterocycles. The highest BCUT2D eigenvalue weighted by Crippen LogP contribution is 2.07. The fourth-order valence-electron chi connectivity index (χ4n) is 0.387. The Balaban J connectivity index is 0.000000371. The molecule has 4 heteroatoms. The number of nitrogen functional groups attached to an aromatic ring is 1. The van der Waals surface area contributed by atoms with E-state index in [1.54, 1.807) is 12.3 Å². The molecule has 1 heterocycles. The van der Waals surface area contributed by atoms with Crippen molar-refractivity contribution >= 4 is 21.7 Å². The van der Waals surface area contributed by atoms with Gasteiger partial charge in [-0.05, 0) is 28.1 Å². The lowest BCUT2D eigenvalue weighted by Gasteiger charge is -1.88. The fourth-order valence-corrected chi connectivity index (χ4v) is 0.622. The van der Waals surface area contributed by atoms with Gasteiger partial charge in [0.15, 0.2) is 0 Å². The van der Waals surface area contributed by atoms with E-state index in [1.165, 1.54) is 0 Å². The molecule has 3 N–H and O–H groups in total. The minimum atomic E-state index is 0.549. The second-order valence-electron chi connectivity index (χ2n) is 1.40. The van der Waals surface area contributed by atoms with Crippen LogP contribution in [-0.2, 0) is 0 Å². The lowest BCUT2D eigenvalue weighted by atomic mass is 10.5. The summed E-state index contributed by atoms with van der Waals surface area (Å²) in [4.78, 5) is 3.81. The number of hydrogen-bond acceptors (Lipinski definition) is 3. The van der Waals surface area contributed by atoms with E-state index in [0.717, 1.165) is 11.6 Å². The van der Waals surface area contributed by atoms with Gasteiger partial charge in [-0.25, -0.2) is 4.98 Å².